The van der Waals surface area contributed by atoms with E-state index in [0.717, 1.165) is 64.8 Å². The van der Waals surface area contributed by atoms with Crippen LogP contribution in [0.15, 0.2) is 47.3 Å². The summed E-state index contributed by atoms with van der Waals surface area (Å²) in [4.78, 5) is 11.3. The first-order valence-corrected chi connectivity index (χ1v) is 10.8. The lowest BCUT2D eigenvalue weighted by atomic mass is 9.88. The summed E-state index contributed by atoms with van der Waals surface area (Å²) in [5.41, 5.74) is 4.78. The molecule has 7 nitrogen and oxygen atoms in total. The summed E-state index contributed by atoms with van der Waals surface area (Å²) < 4.78 is 7.42. The monoisotopic (exact) mass is 417 g/mol. The molecule has 0 radical (unpaired) electrons. The Morgan fingerprint density at radius 1 is 1.13 bits per heavy atom. The lowest BCUT2D eigenvalue weighted by Gasteiger charge is -2.28. The Bertz CT molecular complexity index is 1230. The van der Waals surface area contributed by atoms with E-state index in [0.29, 0.717) is 12.8 Å². The number of aryl methyl sites for hydroxylation is 2. The van der Waals surface area contributed by atoms with E-state index in [-0.39, 0.29) is 0 Å². The summed E-state index contributed by atoms with van der Waals surface area (Å²) in [5.74, 6) is 1.89. The zero-order valence-electron chi connectivity index (χ0n) is 18.2. The number of aliphatic hydroxyl groups is 1. The van der Waals surface area contributed by atoms with E-state index in [4.69, 9.17) is 14.5 Å². The Hall–Kier alpha value is -3.19. The van der Waals surface area contributed by atoms with Crippen LogP contribution in [0.25, 0.3) is 16.9 Å². The van der Waals surface area contributed by atoms with Gasteiger partial charge in [0.25, 0.3) is 0 Å². The molecule has 1 fully saturated rings. The fourth-order valence-corrected chi connectivity index (χ4v) is 4.59. The normalized spacial score (nSPS) is 19.7. The number of furan rings is 1. The number of fused-ring (bicyclic) bond motifs is 1. The van der Waals surface area contributed by atoms with Gasteiger partial charge >= 0.3 is 0 Å². The standard InChI is InChI=1S/C24H27N5O2/c1-16-17(2)26-22-14-21(20-7-13-31-18(20)3)27-29(22)23(16)28-11-5-8-24(30,9-12-28)19-6-4-10-25-15-19/h4,6-7,10,13-15,30H,5,8-9,11-12H2,1-3H3/t24-/m1/s1. The van der Waals surface area contributed by atoms with Crippen molar-refractivity contribution in [3.05, 3.63) is 65.5 Å². The van der Waals surface area contributed by atoms with Gasteiger partial charge in [0.1, 0.15) is 11.6 Å². The third-order valence-corrected chi connectivity index (χ3v) is 6.50. The summed E-state index contributed by atoms with van der Waals surface area (Å²) in [5, 5.41) is 16.3. The zero-order chi connectivity index (χ0) is 21.6. The molecule has 0 amide bonds. The first-order chi connectivity index (χ1) is 15.0. The van der Waals surface area contributed by atoms with Gasteiger partial charge in [0.2, 0.25) is 0 Å². The Balaban J connectivity index is 1.54. The van der Waals surface area contributed by atoms with Gasteiger partial charge in [-0.1, -0.05) is 6.07 Å². The average Bonchev–Trinajstić information content (AvgIpc) is 3.32. The molecule has 1 N–H and O–H groups in total. The first-order valence-electron chi connectivity index (χ1n) is 10.8. The van der Waals surface area contributed by atoms with Gasteiger partial charge in [-0.2, -0.15) is 9.61 Å². The van der Waals surface area contributed by atoms with Gasteiger partial charge in [-0.25, -0.2) is 4.98 Å². The number of aromatic nitrogens is 4. The molecule has 5 rings (SSSR count). The van der Waals surface area contributed by atoms with Crippen molar-refractivity contribution in [2.24, 2.45) is 0 Å². The Kier molecular flexibility index (Phi) is 4.78. The summed E-state index contributed by atoms with van der Waals surface area (Å²) in [6, 6.07) is 7.81. The second-order valence-corrected chi connectivity index (χ2v) is 8.45. The van der Waals surface area contributed by atoms with Gasteiger partial charge in [-0.15, -0.1) is 0 Å². The van der Waals surface area contributed by atoms with Crippen molar-refractivity contribution < 1.29 is 9.52 Å². The predicted octanol–water partition coefficient (Wildman–Crippen LogP) is 4.19. The van der Waals surface area contributed by atoms with Crippen molar-refractivity contribution in [2.75, 3.05) is 18.0 Å². The van der Waals surface area contributed by atoms with Gasteiger partial charge in [0, 0.05) is 53.9 Å². The summed E-state index contributed by atoms with van der Waals surface area (Å²) in [7, 11) is 0. The van der Waals surface area contributed by atoms with Crippen molar-refractivity contribution in [3.63, 3.8) is 0 Å². The highest BCUT2D eigenvalue weighted by molar-refractivity contribution is 5.68. The fourth-order valence-electron chi connectivity index (χ4n) is 4.59. The van der Waals surface area contributed by atoms with Crippen LogP contribution in [0, 0.1) is 20.8 Å². The van der Waals surface area contributed by atoms with Crippen molar-refractivity contribution in [2.45, 2.75) is 45.6 Å². The largest absolute Gasteiger partial charge is 0.469 e. The van der Waals surface area contributed by atoms with Crippen LogP contribution in [0.2, 0.25) is 0 Å². The minimum Gasteiger partial charge on any atom is -0.469 e. The van der Waals surface area contributed by atoms with E-state index in [1.165, 1.54) is 0 Å². The lowest BCUT2D eigenvalue weighted by Crippen LogP contribution is -2.31. The highest BCUT2D eigenvalue weighted by atomic mass is 16.3. The van der Waals surface area contributed by atoms with Gasteiger partial charge in [0.05, 0.1) is 17.6 Å². The van der Waals surface area contributed by atoms with E-state index >= 15 is 0 Å². The van der Waals surface area contributed by atoms with Crippen LogP contribution >= 0.6 is 0 Å². The maximum Gasteiger partial charge on any atom is 0.158 e. The fraction of sp³-hybridized carbons (Fsp3) is 0.375. The maximum atomic E-state index is 11.4. The van der Waals surface area contributed by atoms with Crippen LogP contribution in [-0.4, -0.2) is 37.8 Å². The second-order valence-electron chi connectivity index (χ2n) is 8.45. The minimum atomic E-state index is -0.860. The number of hydrogen-bond acceptors (Lipinski definition) is 6. The third-order valence-electron chi connectivity index (χ3n) is 6.50. The number of pyridine rings is 1. The molecule has 4 aromatic heterocycles. The number of hydrogen-bond donors (Lipinski definition) is 1. The molecule has 1 aliphatic rings. The molecule has 0 saturated carbocycles. The zero-order valence-corrected chi connectivity index (χ0v) is 18.2. The lowest BCUT2D eigenvalue weighted by molar-refractivity contribution is 0.0241. The van der Waals surface area contributed by atoms with E-state index in [1.54, 1.807) is 18.7 Å². The quantitative estimate of drug-likeness (QED) is 0.538. The molecule has 1 saturated heterocycles. The molecule has 0 aromatic carbocycles. The smallest absolute Gasteiger partial charge is 0.158 e. The van der Waals surface area contributed by atoms with Gasteiger partial charge < -0.3 is 14.4 Å². The van der Waals surface area contributed by atoms with Crippen LogP contribution in [-0.2, 0) is 5.60 Å². The Labute approximate surface area is 181 Å². The molecule has 0 bridgehead atoms. The van der Waals surface area contributed by atoms with Crippen LogP contribution in [0.5, 0.6) is 0 Å². The molecule has 0 spiro atoms. The third kappa shape index (κ3) is 3.39. The molecule has 7 heteroatoms. The van der Waals surface area contributed by atoms with Crippen LogP contribution < -0.4 is 4.90 Å². The summed E-state index contributed by atoms with van der Waals surface area (Å²) in [6.07, 6.45) is 7.43. The highest BCUT2D eigenvalue weighted by Crippen LogP contribution is 2.35. The van der Waals surface area contributed by atoms with E-state index in [9.17, 15) is 5.11 Å². The van der Waals surface area contributed by atoms with Crippen molar-refractivity contribution in [3.8, 4) is 11.3 Å². The van der Waals surface area contributed by atoms with Crippen molar-refractivity contribution in [1.29, 1.82) is 0 Å². The van der Waals surface area contributed by atoms with Gasteiger partial charge in [-0.05, 0) is 52.2 Å². The Morgan fingerprint density at radius 3 is 2.74 bits per heavy atom. The predicted molar refractivity (Wildman–Crippen MR) is 119 cm³/mol. The number of nitrogens with zero attached hydrogens (tertiary/aromatic N) is 5. The molecule has 4 aromatic rings. The molecular formula is C24H27N5O2. The topological polar surface area (TPSA) is 79.7 Å². The van der Waals surface area contributed by atoms with E-state index in [1.807, 2.05) is 42.6 Å². The first kappa shape index (κ1) is 19.8. The molecule has 0 aliphatic carbocycles. The molecule has 160 valence electrons. The van der Waals surface area contributed by atoms with E-state index in [2.05, 4.69) is 16.8 Å². The van der Waals surface area contributed by atoms with Crippen molar-refractivity contribution >= 4 is 11.5 Å². The van der Waals surface area contributed by atoms with Crippen LogP contribution in [0.3, 0.4) is 0 Å². The second kappa shape index (κ2) is 7.50. The van der Waals surface area contributed by atoms with Gasteiger partial charge in [-0.3, -0.25) is 4.98 Å². The summed E-state index contributed by atoms with van der Waals surface area (Å²) >= 11 is 0. The minimum absolute atomic E-state index is 0.635. The molecule has 31 heavy (non-hydrogen) atoms. The Morgan fingerprint density at radius 2 is 2.00 bits per heavy atom. The molecular weight excluding hydrogens is 390 g/mol. The van der Waals surface area contributed by atoms with E-state index < -0.39 is 5.60 Å². The molecule has 0 unspecified atom stereocenters. The number of anilines is 1. The maximum absolute atomic E-state index is 11.4. The van der Waals surface area contributed by atoms with Gasteiger partial charge in [0.15, 0.2) is 5.65 Å². The number of rotatable bonds is 3. The molecule has 1 atom stereocenters. The summed E-state index contributed by atoms with van der Waals surface area (Å²) in [6.45, 7) is 7.66. The molecule has 1 aliphatic heterocycles. The SMILES string of the molecule is Cc1nc2cc(-c3ccoc3C)nn2c(N2CCC[C@](O)(c3cccnc3)CC2)c1C. The van der Waals surface area contributed by atoms with Crippen LogP contribution in [0.1, 0.15) is 41.8 Å². The van der Waals surface area contributed by atoms with Crippen LogP contribution in [0.4, 0.5) is 5.82 Å². The highest BCUT2D eigenvalue weighted by Gasteiger charge is 2.33. The molecule has 5 heterocycles. The van der Waals surface area contributed by atoms with Crippen molar-refractivity contribution in [1.82, 2.24) is 19.6 Å². The average molecular weight is 418 g/mol.